The molecule has 2 fully saturated rings. The first-order valence-corrected chi connectivity index (χ1v) is 11.0. The minimum atomic E-state index is -0.518. The lowest BCUT2D eigenvalue weighted by Gasteiger charge is -2.36. The van der Waals surface area contributed by atoms with Gasteiger partial charge >= 0.3 is 6.09 Å². The lowest BCUT2D eigenvalue weighted by atomic mass is 9.96. The van der Waals surface area contributed by atoms with Gasteiger partial charge in [0.2, 0.25) is 5.91 Å². The molecule has 5 nitrogen and oxygen atoms in total. The number of hydrogen-bond donors (Lipinski definition) is 0. The molecule has 29 heavy (non-hydrogen) atoms. The van der Waals surface area contributed by atoms with Crippen molar-refractivity contribution in [3.63, 3.8) is 0 Å². The van der Waals surface area contributed by atoms with E-state index in [9.17, 15) is 9.59 Å². The average Bonchev–Trinajstić information content (AvgIpc) is 3.50. The number of carbonyl (C=O) groups excluding carboxylic acids is 2. The van der Waals surface area contributed by atoms with Crippen molar-refractivity contribution >= 4 is 12.0 Å². The molecule has 1 aliphatic carbocycles. The number of likely N-dealkylation sites (tertiary alicyclic amines) is 1. The van der Waals surface area contributed by atoms with Crippen molar-refractivity contribution < 1.29 is 14.3 Å². The summed E-state index contributed by atoms with van der Waals surface area (Å²) in [4.78, 5) is 29.6. The molecule has 1 heterocycles. The Hall–Kier alpha value is -2.04. The lowest BCUT2D eigenvalue weighted by Crippen LogP contribution is -2.48. The van der Waals surface area contributed by atoms with Gasteiger partial charge in [0.05, 0.1) is 5.92 Å². The number of benzene rings is 1. The van der Waals surface area contributed by atoms with E-state index in [0.717, 1.165) is 25.7 Å². The molecule has 1 aromatic rings. The van der Waals surface area contributed by atoms with Crippen molar-refractivity contribution in [3.05, 3.63) is 35.4 Å². The molecule has 0 N–H and O–H groups in total. The second kappa shape index (κ2) is 8.76. The second-order valence-electron chi connectivity index (χ2n) is 9.86. The number of ether oxygens (including phenoxy) is 1. The highest BCUT2D eigenvalue weighted by molar-refractivity contribution is 5.81. The Bertz CT molecular complexity index is 717. The maximum Gasteiger partial charge on any atom is 0.410 e. The summed E-state index contributed by atoms with van der Waals surface area (Å²) in [5, 5.41) is 0. The third-order valence-electron chi connectivity index (χ3n) is 5.69. The first-order chi connectivity index (χ1) is 13.6. The zero-order valence-electron chi connectivity index (χ0n) is 18.6. The van der Waals surface area contributed by atoms with Crippen LogP contribution in [0.4, 0.5) is 4.79 Å². The summed E-state index contributed by atoms with van der Waals surface area (Å²) in [6.07, 6.45) is 3.54. The van der Waals surface area contributed by atoms with Gasteiger partial charge in [0.1, 0.15) is 5.60 Å². The number of rotatable bonds is 5. The monoisotopic (exact) mass is 400 g/mol. The van der Waals surface area contributed by atoms with Gasteiger partial charge in [0.15, 0.2) is 0 Å². The Morgan fingerprint density at radius 1 is 1.14 bits per heavy atom. The SMILES string of the molecule is CC(C)c1ccc(CN(C(=O)C2CCCN(C(=O)OC(C)(C)C)C2)C2CC2)cc1. The van der Waals surface area contributed by atoms with E-state index in [-0.39, 0.29) is 17.9 Å². The largest absolute Gasteiger partial charge is 0.444 e. The zero-order chi connectivity index (χ0) is 21.2. The molecular formula is C24H36N2O3. The minimum absolute atomic E-state index is 0.133. The van der Waals surface area contributed by atoms with Crippen LogP contribution >= 0.6 is 0 Å². The fourth-order valence-electron chi connectivity index (χ4n) is 3.88. The van der Waals surface area contributed by atoms with Gasteiger partial charge in [-0.25, -0.2) is 4.79 Å². The van der Waals surface area contributed by atoms with E-state index in [1.165, 1.54) is 11.1 Å². The first-order valence-electron chi connectivity index (χ1n) is 11.0. The molecule has 1 atom stereocenters. The van der Waals surface area contributed by atoms with Crippen LogP contribution in [0.3, 0.4) is 0 Å². The molecule has 3 rings (SSSR count). The van der Waals surface area contributed by atoms with Gasteiger partial charge in [0, 0.05) is 25.7 Å². The predicted molar refractivity (Wildman–Crippen MR) is 115 cm³/mol. The van der Waals surface area contributed by atoms with Crippen LogP contribution < -0.4 is 0 Å². The normalized spacial score (nSPS) is 19.9. The van der Waals surface area contributed by atoms with E-state index in [2.05, 4.69) is 38.1 Å². The van der Waals surface area contributed by atoms with Gasteiger partial charge in [0.25, 0.3) is 0 Å². The zero-order valence-corrected chi connectivity index (χ0v) is 18.6. The maximum absolute atomic E-state index is 13.4. The number of hydrogen-bond acceptors (Lipinski definition) is 3. The smallest absolute Gasteiger partial charge is 0.410 e. The molecule has 1 saturated heterocycles. The molecule has 2 amide bonds. The van der Waals surface area contributed by atoms with Crippen LogP contribution in [0.15, 0.2) is 24.3 Å². The number of carbonyl (C=O) groups is 2. The van der Waals surface area contributed by atoms with Crippen LogP contribution in [0.25, 0.3) is 0 Å². The fourth-order valence-corrected chi connectivity index (χ4v) is 3.88. The Morgan fingerprint density at radius 2 is 1.79 bits per heavy atom. The summed E-state index contributed by atoms with van der Waals surface area (Å²) in [5.74, 6) is 0.562. The topological polar surface area (TPSA) is 49.9 Å². The minimum Gasteiger partial charge on any atom is -0.444 e. The Kier molecular flexibility index (Phi) is 6.55. The van der Waals surface area contributed by atoms with Gasteiger partial charge < -0.3 is 14.5 Å². The van der Waals surface area contributed by atoms with Gasteiger partial charge in [-0.15, -0.1) is 0 Å². The van der Waals surface area contributed by atoms with E-state index >= 15 is 0 Å². The van der Waals surface area contributed by atoms with Crippen LogP contribution in [0.2, 0.25) is 0 Å². The first kappa shape index (κ1) is 21.7. The molecule has 1 aliphatic heterocycles. The summed E-state index contributed by atoms with van der Waals surface area (Å²) < 4.78 is 5.51. The summed E-state index contributed by atoms with van der Waals surface area (Å²) >= 11 is 0. The van der Waals surface area contributed by atoms with Crippen LogP contribution in [0.1, 0.15) is 77.3 Å². The van der Waals surface area contributed by atoms with Crippen LogP contribution in [0.5, 0.6) is 0 Å². The molecule has 5 heteroatoms. The number of nitrogens with zero attached hydrogens (tertiary/aromatic N) is 2. The second-order valence-corrected chi connectivity index (χ2v) is 9.86. The number of piperidine rings is 1. The van der Waals surface area contributed by atoms with Crippen molar-refractivity contribution in [2.24, 2.45) is 5.92 Å². The lowest BCUT2D eigenvalue weighted by molar-refractivity contribution is -0.138. The van der Waals surface area contributed by atoms with Crippen LogP contribution in [-0.2, 0) is 16.1 Å². The average molecular weight is 401 g/mol. The highest BCUT2D eigenvalue weighted by Gasteiger charge is 2.38. The van der Waals surface area contributed by atoms with Crippen molar-refractivity contribution in [3.8, 4) is 0 Å². The quantitative estimate of drug-likeness (QED) is 0.703. The Balaban J connectivity index is 1.65. The Morgan fingerprint density at radius 3 is 2.34 bits per heavy atom. The molecule has 1 unspecified atom stereocenters. The molecular weight excluding hydrogens is 364 g/mol. The molecule has 0 aromatic heterocycles. The van der Waals surface area contributed by atoms with Gasteiger partial charge in [-0.3, -0.25) is 4.79 Å². The predicted octanol–water partition coefficient (Wildman–Crippen LogP) is 4.95. The molecule has 2 aliphatic rings. The van der Waals surface area contributed by atoms with Gasteiger partial charge in [-0.1, -0.05) is 38.1 Å². The van der Waals surface area contributed by atoms with E-state index in [1.54, 1.807) is 4.90 Å². The van der Waals surface area contributed by atoms with Crippen molar-refractivity contribution in [2.45, 2.75) is 84.4 Å². The molecule has 0 spiro atoms. The highest BCUT2D eigenvalue weighted by Crippen LogP contribution is 2.32. The summed E-state index contributed by atoms with van der Waals surface area (Å²) in [7, 11) is 0. The van der Waals surface area contributed by atoms with Crippen molar-refractivity contribution in [1.82, 2.24) is 9.80 Å². The summed E-state index contributed by atoms with van der Waals surface area (Å²) in [6.45, 7) is 11.8. The van der Waals surface area contributed by atoms with E-state index in [1.807, 2.05) is 25.7 Å². The van der Waals surface area contributed by atoms with E-state index in [4.69, 9.17) is 4.74 Å². The molecule has 0 radical (unpaired) electrons. The van der Waals surface area contributed by atoms with Crippen molar-refractivity contribution in [1.29, 1.82) is 0 Å². The molecule has 0 bridgehead atoms. The van der Waals surface area contributed by atoms with Gasteiger partial charge in [-0.05, 0) is 63.5 Å². The van der Waals surface area contributed by atoms with Crippen LogP contribution in [-0.4, -0.2) is 46.5 Å². The van der Waals surface area contributed by atoms with E-state index < -0.39 is 5.60 Å². The van der Waals surface area contributed by atoms with Gasteiger partial charge in [-0.2, -0.15) is 0 Å². The maximum atomic E-state index is 13.4. The summed E-state index contributed by atoms with van der Waals surface area (Å²) in [5.41, 5.74) is 1.98. The third-order valence-corrected chi connectivity index (χ3v) is 5.69. The standard InChI is InChI=1S/C24H36N2O3/c1-17(2)19-10-8-18(9-11-19)15-26(21-12-13-21)22(27)20-7-6-14-25(16-20)23(28)29-24(3,4)5/h8-11,17,20-21H,6-7,12-16H2,1-5H3. The number of amides is 2. The highest BCUT2D eigenvalue weighted by atomic mass is 16.6. The molecule has 160 valence electrons. The summed E-state index contributed by atoms with van der Waals surface area (Å²) in [6, 6.07) is 8.97. The third kappa shape index (κ3) is 5.97. The Labute approximate surface area is 175 Å². The van der Waals surface area contributed by atoms with E-state index in [0.29, 0.717) is 31.6 Å². The van der Waals surface area contributed by atoms with Crippen molar-refractivity contribution in [2.75, 3.05) is 13.1 Å². The molecule has 1 saturated carbocycles. The molecule has 1 aromatic carbocycles. The fraction of sp³-hybridized carbons (Fsp3) is 0.667. The van der Waals surface area contributed by atoms with Crippen LogP contribution in [0, 0.1) is 5.92 Å².